The average Bonchev–Trinajstić information content (AvgIpc) is 2.79. The zero-order chi connectivity index (χ0) is 21.1. The third-order valence-corrected chi connectivity index (χ3v) is 5.73. The van der Waals surface area contributed by atoms with E-state index < -0.39 is 30.1 Å². The number of methoxy groups -OCH3 is 1. The van der Waals surface area contributed by atoms with Crippen molar-refractivity contribution in [2.45, 2.75) is 31.3 Å². The molecule has 1 heterocycles. The Balaban J connectivity index is 1.78. The lowest BCUT2D eigenvalue weighted by Crippen LogP contribution is -2.56. The molecule has 2 aliphatic rings. The Morgan fingerprint density at radius 3 is 2.33 bits per heavy atom. The van der Waals surface area contributed by atoms with Crippen molar-refractivity contribution in [3.8, 4) is 5.75 Å². The van der Waals surface area contributed by atoms with Crippen LogP contribution in [0.15, 0.2) is 72.3 Å². The number of hydrogen-bond donors (Lipinski definition) is 0. The fourth-order valence-corrected chi connectivity index (χ4v) is 4.36. The van der Waals surface area contributed by atoms with Gasteiger partial charge in [-0.3, -0.25) is 14.5 Å². The Kier molecular flexibility index (Phi) is 5.65. The number of piperidine rings is 1. The van der Waals surface area contributed by atoms with Crippen LogP contribution in [0.4, 0.5) is 4.79 Å². The smallest absolute Gasteiger partial charge is 0.416 e. The molecule has 0 spiro atoms. The molecule has 0 bridgehead atoms. The number of benzene rings is 2. The lowest BCUT2D eigenvalue weighted by atomic mass is 9.75. The average molecular weight is 405 g/mol. The van der Waals surface area contributed by atoms with E-state index in [1.165, 1.54) is 7.11 Å². The van der Waals surface area contributed by atoms with Crippen molar-refractivity contribution >= 4 is 17.8 Å². The molecule has 3 atom stereocenters. The summed E-state index contributed by atoms with van der Waals surface area (Å²) < 4.78 is 10.7. The molecular weight excluding hydrogens is 382 g/mol. The SMILES string of the molecule is COC(=O)[C@H]1CCC=C2C(=O)C[C@H](c3ccccc3)N(C(=O)Oc3ccccc3)[C@H]21. The first-order valence-corrected chi connectivity index (χ1v) is 10.0. The van der Waals surface area contributed by atoms with Gasteiger partial charge in [-0.1, -0.05) is 54.6 Å². The highest BCUT2D eigenvalue weighted by atomic mass is 16.6. The number of carbonyl (C=O) groups is 3. The van der Waals surface area contributed by atoms with Gasteiger partial charge in [-0.05, 0) is 30.5 Å². The third-order valence-electron chi connectivity index (χ3n) is 5.73. The van der Waals surface area contributed by atoms with Crippen LogP contribution < -0.4 is 4.74 Å². The second kappa shape index (κ2) is 8.53. The first kappa shape index (κ1) is 19.9. The molecule has 0 aromatic heterocycles. The zero-order valence-electron chi connectivity index (χ0n) is 16.7. The quantitative estimate of drug-likeness (QED) is 0.720. The Labute approximate surface area is 175 Å². The molecule has 1 amide bonds. The number of ketones is 1. The van der Waals surface area contributed by atoms with Crippen LogP contribution in [0.1, 0.15) is 30.9 Å². The van der Waals surface area contributed by atoms with Gasteiger partial charge in [0.25, 0.3) is 0 Å². The lowest BCUT2D eigenvalue weighted by Gasteiger charge is -2.46. The summed E-state index contributed by atoms with van der Waals surface area (Å²) in [5, 5.41) is 0. The first-order valence-electron chi connectivity index (χ1n) is 10.0. The van der Waals surface area contributed by atoms with E-state index in [2.05, 4.69) is 0 Å². The van der Waals surface area contributed by atoms with E-state index in [0.717, 1.165) is 5.56 Å². The molecule has 6 heteroatoms. The molecule has 4 rings (SSSR count). The minimum Gasteiger partial charge on any atom is -0.469 e. The van der Waals surface area contributed by atoms with Gasteiger partial charge in [-0.2, -0.15) is 0 Å². The van der Waals surface area contributed by atoms with Gasteiger partial charge in [0.1, 0.15) is 5.75 Å². The van der Waals surface area contributed by atoms with E-state index in [1.54, 1.807) is 29.2 Å². The zero-order valence-corrected chi connectivity index (χ0v) is 16.7. The maximum Gasteiger partial charge on any atom is 0.416 e. The molecule has 0 radical (unpaired) electrons. The van der Waals surface area contributed by atoms with E-state index in [9.17, 15) is 14.4 Å². The molecule has 2 aromatic rings. The summed E-state index contributed by atoms with van der Waals surface area (Å²) in [6.07, 6.45) is 2.49. The molecule has 2 aromatic carbocycles. The molecular formula is C24H23NO5. The fraction of sp³-hybridized carbons (Fsp3) is 0.292. The number of ether oxygens (including phenoxy) is 2. The number of allylic oxidation sites excluding steroid dienone is 1. The predicted octanol–water partition coefficient (Wildman–Crippen LogP) is 4.08. The summed E-state index contributed by atoms with van der Waals surface area (Å²) >= 11 is 0. The third kappa shape index (κ3) is 3.73. The van der Waals surface area contributed by atoms with Gasteiger partial charge in [-0.25, -0.2) is 4.79 Å². The van der Waals surface area contributed by atoms with Crippen molar-refractivity contribution in [2.24, 2.45) is 5.92 Å². The summed E-state index contributed by atoms with van der Waals surface area (Å²) in [6.45, 7) is 0. The Morgan fingerprint density at radius 1 is 1.00 bits per heavy atom. The number of carbonyl (C=O) groups excluding carboxylic acids is 3. The highest BCUT2D eigenvalue weighted by Crippen LogP contribution is 2.42. The van der Waals surface area contributed by atoms with Crippen LogP contribution in [0.25, 0.3) is 0 Å². The van der Waals surface area contributed by atoms with Gasteiger partial charge in [0, 0.05) is 12.0 Å². The summed E-state index contributed by atoms with van der Waals surface area (Å²) in [6, 6.07) is 16.9. The van der Waals surface area contributed by atoms with Crippen molar-refractivity contribution in [3.05, 3.63) is 77.9 Å². The molecule has 1 saturated heterocycles. The summed E-state index contributed by atoms with van der Waals surface area (Å²) in [4.78, 5) is 40.5. The van der Waals surface area contributed by atoms with Crippen LogP contribution in [0, 0.1) is 5.92 Å². The molecule has 0 N–H and O–H groups in total. The minimum absolute atomic E-state index is 0.0498. The largest absolute Gasteiger partial charge is 0.469 e. The van der Waals surface area contributed by atoms with E-state index in [0.29, 0.717) is 24.2 Å². The number of amides is 1. The maximum absolute atomic E-state index is 13.4. The second-order valence-corrected chi connectivity index (χ2v) is 7.45. The van der Waals surface area contributed by atoms with Gasteiger partial charge in [0.15, 0.2) is 5.78 Å². The van der Waals surface area contributed by atoms with Crippen molar-refractivity contribution in [1.29, 1.82) is 0 Å². The van der Waals surface area contributed by atoms with E-state index >= 15 is 0 Å². The molecule has 1 aliphatic heterocycles. The lowest BCUT2D eigenvalue weighted by molar-refractivity contribution is -0.148. The number of Topliss-reactive ketones (excluding diaryl/α,β-unsaturated/α-hetero) is 1. The minimum atomic E-state index is -0.714. The van der Waals surface area contributed by atoms with Gasteiger partial charge in [0.2, 0.25) is 0 Å². The standard InChI is InChI=1S/C24H23NO5/c1-29-23(27)19-14-8-13-18-21(26)15-20(16-9-4-2-5-10-16)25(22(18)19)24(28)30-17-11-6-3-7-12-17/h2-7,9-13,19-20,22H,8,14-15H2,1H3/t19-,20+,22+/m0/s1. The summed E-state index contributed by atoms with van der Waals surface area (Å²) in [5.41, 5.74) is 1.32. The molecule has 1 aliphatic carbocycles. The molecule has 154 valence electrons. The highest BCUT2D eigenvalue weighted by Gasteiger charge is 2.49. The van der Waals surface area contributed by atoms with E-state index in [1.807, 2.05) is 42.5 Å². The monoisotopic (exact) mass is 405 g/mol. The highest BCUT2D eigenvalue weighted by molar-refractivity contribution is 6.00. The first-order chi connectivity index (χ1) is 14.6. The molecule has 6 nitrogen and oxygen atoms in total. The van der Waals surface area contributed by atoms with Crippen molar-refractivity contribution in [3.63, 3.8) is 0 Å². The van der Waals surface area contributed by atoms with Crippen LogP contribution in [0.3, 0.4) is 0 Å². The molecule has 30 heavy (non-hydrogen) atoms. The summed E-state index contributed by atoms with van der Waals surface area (Å²) in [5.74, 6) is -0.688. The number of fused-ring (bicyclic) bond motifs is 1. The van der Waals surface area contributed by atoms with E-state index in [4.69, 9.17) is 9.47 Å². The van der Waals surface area contributed by atoms with Crippen LogP contribution in [-0.2, 0) is 14.3 Å². The van der Waals surface area contributed by atoms with Crippen LogP contribution >= 0.6 is 0 Å². The Bertz CT molecular complexity index is 970. The van der Waals surface area contributed by atoms with Crippen molar-refractivity contribution in [2.75, 3.05) is 7.11 Å². The topological polar surface area (TPSA) is 72.9 Å². The molecule has 0 saturated carbocycles. The number of likely N-dealkylation sites (tertiary alicyclic amines) is 1. The number of esters is 1. The predicted molar refractivity (Wildman–Crippen MR) is 110 cm³/mol. The molecule has 1 fully saturated rings. The van der Waals surface area contributed by atoms with Gasteiger partial charge in [0.05, 0.1) is 25.1 Å². The van der Waals surface area contributed by atoms with Gasteiger partial charge < -0.3 is 9.47 Å². The van der Waals surface area contributed by atoms with Gasteiger partial charge >= 0.3 is 12.1 Å². The van der Waals surface area contributed by atoms with E-state index in [-0.39, 0.29) is 12.2 Å². The van der Waals surface area contributed by atoms with Crippen molar-refractivity contribution < 1.29 is 23.9 Å². The van der Waals surface area contributed by atoms with Crippen LogP contribution in [-0.4, -0.2) is 35.9 Å². The number of para-hydroxylation sites is 1. The fourth-order valence-electron chi connectivity index (χ4n) is 4.36. The van der Waals surface area contributed by atoms with Crippen LogP contribution in [0.2, 0.25) is 0 Å². The molecule has 0 unspecified atom stereocenters. The Hall–Kier alpha value is -3.41. The number of rotatable bonds is 3. The maximum atomic E-state index is 13.4. The normalized spacial score (nSPS) is 23.2. The number of hydrogen-bond acceptors (Lipinski definition) is 5. The second-order valence-electron chi connectivity index (χ2n) is 7.45. The van der Waals surface area contributed by atoms with Crippen molar-refractivity contribution in [1.82, 2.24) is 4.90 Å². The Morgan fingerprint density at radius 2 is 1.67 bits per heavy atom. The van der Waals surface area contributed by atoms with Crippen LogP contribution in [0.5, 0.6) is 5.75 Å². The summed E-state index contributed by atoms with van der Waals surface area (Å²) in [7, 11) is 1.33. The van der Waals surface area contributed by atoms with Gasteiger partial charge in [-0.15, -0.1) is 0 Å². The number of nitrogens with zero attached hydrogens (tertiary/aromatic N) is 1.